The highest BCUT2D eigenvalue weighted by Crippen LogP contribution is 2.26. The molecular formula is C22H27N5. The molecule has 1 saturated heterocycles. The molecule has 0 unspecified atom stereocenters. The summed E-state index contributed by atoms with van der Waals surface area (Å²) in [5, 5.41) is 8.15. The summed E-state index contributed by atoms with van der Waals surface area (Å²) in [5.41, 5.74) is 3.50. The number of aromatic nitrogens is 2. The summed E-state index contributed by atoms with van der Waals surface area (Å²) in [6.45, 7) is 10.0. The van der Waals surface area contributed by atoms with Gasteiger partial charge in [0.05, 0.1) is 5.52 Å². The van der Waals surface area contributed by atoms with Crippen LogP contribution < -0.4 is 15.5 Å². The molecule has 3 aromatic rings. The van der Waals surface area contributed by atoms with Crippen molar-refractivity contribution in [2.24, 2.45) is 0 Å². The Hall–Kier alpha value is -2.66. The lowest BCUT2D eigenvalue weighted by atomic mass is 10.0. The van der Waals surface area contributed by atoms with Crippen molar-refractivity contribution in [1.29, 1.82) is 0 Å². The first-order valence-electron chi connectivity index (χ1n) is 9.56. The lowest BCUT2D eigenvalue weighted by molar-refractivity contribution is 0.350. The third-order valence-electron chi connectivity index (χ3n) is 5.00. The average Bonchev–Trinajstić information content (AvgIpc) is 2.65. The molecule has 1 aliphatic heterocycles. The van der Waals surface area contributed by atoms with E-state index in [0.717, 1.165) is 48.8 Å². The number of rotatable bonds is 4. The van der Waals surface area contributed by atoms with Gasteiger partial charge in [0, 0.05) is 37.1 Å². The fourth-order valence-corrected chi connectivity index (χ4v) is 3.60. The largest absolute Gasteiger partial charge is 0.365 e. The van der Waals surface area contributed by atoms with E-state index in [0.29, 0.717) is 0 Å². The first-order chi connectivity index (χ1) is 13.0. The molecule has 2 aromatic carbocycles. The molecule has 1 fully saturated rings. The van der Waals surface area contributed by atoms with E-state index in [4.69, 9.17) is 9.97 Å². The van der Waals surface area contributed by atoms with Gasteiger partial charge in [-0.15, -0.1) is 0 Å². The number of benzene rings is 2. The molecule has 0 aliphatic carbocycles. The number of aryl methyl sites for hydroxylation is 1. The molecule has 0 bridgehead atoms. The Morgan fingerprint density at radius 3 is 2.70 bits per heavy atom. The van der Waals surface area contributed by atoms with Gasteiger partial charge in [-0.25, -0.2) is 4.98 Å². The molecule has 0 radical (unpaired) electrons. The molecule has 0 amide bonds. The van der Waals surface area contributed by atoms with Crippen molar-refractivity contribution in [1.82, 2.24) is 15.3 Å². The maximum atomic E-state index is 4.91. The number of fused-ring (bicyclic) bond motifs is 1. The number of anilines is 2. The third-order valence-corrected chi connectivity index (χ3v) is 5.00. The van der Waals surface area contributed by atoms with Gasteiger partial charge in [0.1, 0.15) is 5.82 Å². The van der Waals surface area contributed by atoms with Gasteiger partial charge in [-0.05, 0) is 44.0 Å². The third kappa shape index (κ3) is 4.03. The van der Waals surface area contributed by atoms with Crippen LogP contribution in [-0.2, 0) is 6.54 Å². The minimum absolute atomic E-state index is 0.0564. The second kappa shape index (κ2) is 7.16. The van der Waals surface area contributed by atoms with Gasteiger partial charge in [-0.1, -0.05) is 36.4 Å². The highest BCUT2D eigenvalue weighted by Gasteiger charge is 2.27. The fraction of sp³-hybridized carbons (Fsp3) is 0.364. The van der Waals surface area contributed by atoms with Gasteiger partial charge in [-0.2, -0.15) is 4.98 Å². The SMILES string of the molecule is Cc1ccc2c(NCc3ccccc3)nc(N3CCNC(C)(C)C3)nc2c1. The minimum atomic E-state index is 0.0564. The molecule has 0 atom stereocenters. The van der Waals surface area contributed by atoms with Crippen LogP contribution in [0.25, 0.3) is 10.9 Å². The molecule has 2 heterocycles. The zero-order valence-corrected chi connectivity index (χ0v) is 16.3. The smallest absolute Gasteiger partial charge is 0.228 e. The summed E-state index contributed by atoms with van der Waals surface area (Å²) in [5.74, 6) is 1.70. The van der Waals surface area contributed by atoms with Crippen molar-refractivity contribution in [3.63, 3.8) is 0 Å². The lowest BCUT2D eigenvalue weighted by Crippen LogP contribution is -2.57. The number of nitrogens with one attached hydrogen (secondary N) is 2. The minimum Gasteiger partial charge on any atom is -0.365 e. The van der Waals surface area contributed by atoms with Crippen LogP contribution in [0.2, 0.25) is 0 Å². The maximum Gasteiger partial charge on any atom is 0.228 e. The highest BCUT2D eigenvalue weighted by molar-refractivity contribution is 5.90. The van der Waals surface area contributed by atoms with E-state index < -0.39 is 0 Å². The van der Waals surface area contributed by atoms with Crippen molar-refractivity contribution < 1.29 is 0 Å². The number of nitrogens with zero attached hydrogens (tertiary/aromatic N) is 3. The molecule has 1 aliphatic rings. The van der Waals surface area contributed by atoms with E-state index in [2.05, 4.69) is 78.8 Å². The summed E-state index contributed by atoms with van der Waals surface area (Å²) in [4.78, 5) is 12.1. The molecule has 0 saturated carbocycles. The Labute approximate surface area is 160 Å². The van der Waals surface area contributed by atoms with Gasteiger partial charge >= 0.3 is 0 Å². The molecule has 5 nitrogen and oxygen atoms in total. The van der Waals surface area contributed by atoms with Crippen LogP contribution in [-0.4, -0.2) is 35.1 Å². The van der Waals surface area contributed by atoms with Crippen molar-refractivity contribution in [2.75, 3.05) is 29.9 Å². The van der Waals surface area contributed by atoms with E-state index in [1.54, 1.807) is 0 Å². The number of hydrogen-bond donors (Lipinski definition) is 2. The lowest BCUT2D eigenvalue weighted by Gasteiger charge is -2.39. The normalized spacial score (nSPS) is 16.5. The van der Waals surface area contributed by atoms with Crippen LogP contribution in [0.1, 0.15) is 25.0 Å². The quantitative estimate of drug-likeness (QED) is 0.741. The Kier molecular flexibility index (Phi) is 4.70. The van der Waals surface area contributed by atoms with E-state index in [1.165, 1.54) is 11.1 Å². The molecule has 5 heteroatoms. The monoisotopic (exact) mass is 361 g/mol. The summed E-state index contributed by atoms with van der Waals surface area (Å²) >= 11 is 0. The maximum absolute atomic E-state index is 4.91. The molecule has 27 heavy (non-hydrogen) atoms. The van der Waals surface area contributed by atoms with Crippen molar-refractivity contribution in [3.05, 3.63) is 59.7 Å². The second-order valence-electron chi connectivity index (χ2n) is 7.96. The van der Waals surface area contributed by atoms with Crippen LogP contribution in [0, 0.1) is 6.92 Å². The highest BCUT2D eigenvalue weighted by atomic mass is 15.3. The Morgan fingerprint density at radius 1 is 1.11 bits per heavy atom. The number of hydrogen-bond acceptors (Lipinski definition) is 5. The average molecular weight is 361 g/mol. The van der Waals surface area contributed by atoms with E-state index >= 15 is 0 Å². The van der Waals surface area contributed by atoms with E-state index in [-0.39, 0.29) is 5.54 Å². The van der Waals surface area contributed by atoms with Crippen molar-refractivity contribution >= 4 is 22.7 Å². The number of piperazine rings is 1. The standard InChI is InChI=1S/C22H27N5/c1-16-9-10-18-19(13-16)25-21(27-12-11-24-22(2,3)15-27)26-20(18)23-14-17-7-5-4-6-8-17/h4-10,13,24H,11-12,14-15H2,1-3H3,(H,23,25,26). The van der Waals surface area contributed by atoms with Crippen molar-refractivity contribution in [3.8, 4) is 0 Å². The Morgan fingerprint density at radius 2 is 1.93 bits per heavy atom. The fourth-order valence-electron chi connectivity index (χ4n) is 3.60. The Balaban J connectivity index is 1.70. The van der Waals surface area contributed by atoms with Gasteiger partial charge in [0.15, 0.2) is 0 Å². The summed E-state index contributed by atoms with van der Waals surface area (Å²) in [7, 11) is 0. The predicted molar refractivity (Wildman–Crippen MR) is 112 cm³/mol. The van der Waals surface area contributed by atoms with Crippen LogP contribution in [0.4, 0.5) is 11.8 Å². The van der Waals surface area contributed by atoms with Gasteiger partial charge in [-0.3, -0.25) is 0 Å². The summed E-state index contributed by atoms with van der Waals surface area (Å²) in [6.07, 6.45) is 0. The van der Waals surface area contributed by atoms with E-state index in [1.807, 2.05) is 6.07 Å². The first-order valence-corrected chi connectivity index (χ1v) is 9.56. The van der Waals surface area contributed by atoms with Gasteiger partial charge < -0.3 is 15.5 Å². The van der Waals surface area contributed by atoms with Gasteiger partial charge in [0.2, 0.25) is 5.95 Å². The molecule has 1 aromatic heterocycles. The second-order valence-corrected chi connectivity index (χ2v) is 7.96. The summed E-state index contributed by atoms with van der Waals surface area (Å²) < 4.78 is 0. The zero-order valence-electron chi connectivity index (χ0n) is 16.3. The van der Waals surface area contributed by atoms with Crippen LogP contribution in [0.15, 0.2) is 48.5 Å². The zero-order chi connectivity index (χ0) is 18.9. The molecule has 140 valence electrons. The van der Waals surface area contributed by atoms with Crippen LogP contribution >= 0.6 is 0 Å². The molecule has 2 N–H and O–H groups in total. The van der Waals surface area contributed by atoms with Crippen LogP contribution in [0.5, 0.6) is 0 Å². The Bertz CT molecular complexity index is 936. The topological polar surface area (TPSA) is 53.1 Å². The van der Waals surface area contributed by atoms with Gasteiger partial charge in [0.25, 0.3) is 0 Å². The molecule has 0 spiro atoms. The van der Waals surface area contributed by atoms with E-state index in [9.17, 15) is 0 Å². The molecule has 4 rings (SSSR count). The predicted octanol–water partition coefficient (Wildman–Crippen LogP) is 3.74. The van der Waals surface area contributed by atoms with Crippen LogP contribution in [0.3, 0.4) is 0 Å². The van der Waals surface area contributed by atoms with Crippen molar-refractivity contribution in [2.45, 2.75) is 32.9 Å². The molecular weight excluding hydrogens is 334 g/mol. The summed E-state index contributed by atoms with van der Waals surface area (Å²) in [6, 6.07) is 16.8. The first kappa shape index (κ1) is 17.7.